The lowest BCUT2D eigenvalue weighted by atomic mass is 9.33. The van der Waals surface area contributed by atoms with Gasteiger partial charge in [0.2, 0.25) is 0 Å². The summed E-state index contributed by atoms with van der Waals surface area (Å²) in [6, 6.07) is 0. The topological polar surface area (TPSA) is 116 Å². The molecule has 238 valence electrons. The fourth-order valence-electron chi connectivity index (χ4n) is 11.9. The van der Waals surface area contributed by atoms with Crippen LogP contribution in [0.5, 0.6) is 0 Å². The third-order valence-corrected chi connectivity index (χ3v) is 14.8. The van der Waals surface area contributed by atoms with Crippen molar-refractivity contribution in [2.45, 2.75) is 143 Å². The minimum absolute atomic E-state index is 0.00452. The van der Waals surface area contributed by atoms with Gasteiger partial charge in [0.15, 0.2) is 6.29 Å². The van der Waals surface area contributed by atoms with Gasteiger partial charge in [0.1, 0.15) is 18.3 Å². The summed E-state index contributed by atoms with van der Waals surface area (Å²) in [5.41, 5.74) is 1.05. The molecule has 12 atom stereocenters. The minimum Gasteiger partial charge on any atom is -0.481 e. The number of carboxylic acid groups (broad SMARTS) is 1. The molecule has 42 heavy (non-hydrogen) atoms. The van der Waals surface area contributed by atoms with Crippen LogP contribution in [-0.2, 0) is 14.3 Å². The van der Waals surface area contributed by atoms with E-state index in [1.807, 2.05) is 0 Å². The molecule has 4 N–H and O–H groups in total. The molecule has 0 aromatic rings. The lowest BCUT2D eigenvalue weighted by molar-refractivity contribution is -0.308. The summed E-state index contributed by atoms with van der Waals surface area (Å²) in [6.45, 7) is 16.8. The molecule has 1 heterocycles. The summed E-state index contributed by atoms with van der Waals surface area (Å²) in [4.78, 5) is 12.9. The zero-order valence-corrected chi connectivity index (χ0v) is 27.0. The van der Waals surface area contributed by atoms with Gasteiger partial charge in [-0.15, -0.1) is 0 Å². The van der Waals surface area contributed by atoms with Gasteiger partial charge in [-0.05, 0) is 109 Å². The summed E-state index contributed by atoms with van der Waals surface area (Å²) in [7, 11) is 0. The maximum Gasteiger partial charge on any atom is 0.310 e. The van der Waals surface area contributed by atoms with Crippen molar-refractivity contribution in [3.05, 3.63) is 11.6 Å². The standard InChI is InChI=1S/C35H56O7/c1-30(2)14-16-35(29(39)40)17-15-33(6)20(21(35)18-30)8-9-24-32(5)12-11-25(31(3,4)23(32)10-13-34(24,33)7)42-28-27(38)26(37)22(36)19-41-28/h8,21-28,36-38H,9-19H2,1-7H3,(H,39,40)/t21-,22+,23-,24+,25-,26+,27-,28+,32-,33+,34+,35-/m0/s1. The highest BCUT2D eigenvalue weighted by atomic mass is 16.7. The van der Waals surface area contributed by atoms with E-state index in [0.29, 0.717) is 11.8 Å². The largest absolute Gasteiger partial charge is 0.481 e. The van der Waals surface area contributed by atoms with Gasteiger partial charge >= 0.3 is 5.97 Å². The monoisotopic (exact) mass is 588 g/mol. The van der Waals surface area contributed by atoms with Crippen LogP contribution in [0.4, 0.5) is 0 Å². The van der Waals surface area contributed by atoms with Crippen LogP contribution in [-0.4, -0.2) is 63.7 Å². The summed E-state index contributed by atoms with van der Waals surface area (Å²) >= 11 is 0. The fourth-order valence-corrected chi connectivity index (χ4v) is 11.9. The average molecular weight is 589 g/mol. The van der Waals surface area contributed by atoms with Crippen LogP contribution < -0.4 is 0 Å². The number of hydrogen-bond donors (Lipinski definition) is 4. The van der Waals surface area contributed by atoms with Gasteiger partial charge in [-0.3, -0.25) is 4.79 Å². The molecule has 0 unspecified atom stereocenters. The number of ether oxygens (including phenoxy) is 2. The fraction of sp³-hybridized carbons (Fsp3) is 0.914. The first-order valence-electron chi connectivity index (χ1n) is 16.7. The molecule has 5 aliphatic carbocycles. The Bertz CT molecular complexity index is 1130. The van der Waals surface area contributed by atoms with Crippen LogP contribution in [0.15, 0.2) is 11.6 Å². The highest BCUT2D eigenvalue weighted by Gasteiger charge is 2.69. The molecule has 0 aromatic heterocycles. The van der Waals surface area contributed by atoms with Crippen molar-refractivity contribution in [1.82, 2.24) is 0 Å². The first-order valence-corrected chi connectivity index (χ1v) is 16.7. The van der Waals surface area contributed by atoms with Crippen molar-refractivity contribution in [3.63, 3.8) is 0 Å². The van der Waals surface area contributed by atoms with E-state index in [2.05, 4.69) is 54.5 Å². The number of aliphatic hydroxyl groups is 3. The number of carbonyl (C=O) groups is 1. The van der Waals surface area contributed by atoms with Crippen LogP contribution in [0.2, 0.25) is 0 Å². The molecule has 6 aliphatic rings. The SMILES string of the molecule is CC1(C)CC[C@]2(C(=O)O)CC[C@]3(C)C(=CC[C@@H]4[C@@]5(C)CC[C@H](O[C@H]6OC[C@@H](O)[C@@H](O)[C@@H]6O)C(C)(C)[C@@H]5CC[C@]43C)[C@@H]2C1. The number of hydrogen-bond acceptors (Lipinski definition) is 6. The molecule has 1 saturated heterocycles. The molecule has 5 fully saturated rings. The van der Waals surface area contributed by atoms with Gasteiger partial charge in [0.25, 0.3) is 0 Å². The van der Waals surface area contributed by atoms with Gasteiger partial charge < -0.3 is 29.9 Å². The van der Waals surface area contributed by atoms with Crippen molar-refractivity contribution in [2.24, 2.45) is 50.2 Å². The number of aliphatic hydroxyl groups excluding tert-OH is 3. The summed E-state index contributed by atoms with van der Waals surface area (Å²) in [6.07, 6.45) is 7.38. The number of aliphatic carboxylic acids is 1. The Morgan fingerprint density at radius 1 is 0.881 bits per heavy atom. The number of rotatable bonds is 3. The molecular weight excluding hydrogens is 532 g/mol. The van der Waals surface area contributed by atoms with E-state index in [9.17, 15) is 25.2 Å². The minimum atomic E-state index is -1.27. The van der Waals surface area contributed by atoms with Gasteiger partial charge in [-0.25, -0.2) is 0 Å². The van der Waals surface area contributed by atoms with Crippen LogP contribution in [0.3, 0.4) is 0 Å². The van der Waals surface area contributed by atoms with E-state index < -0.39 is 36.0 Å². The first kappa shape index (κ1) is 31.0. The van der Waals surface area contributed by atoms with Crippen LogP contribution in [0.25, 0.3) is 0 Å². The molecule has 1 aliphatic heterocycles. The maximum absolute atomic E-state index is 12.9. The smallest absolute Gasteiger partial charge is 0.310 e. The molecule has 0 bridgehead atoms. The average Bonchev–Trinajstić information content (AvgIpc) is 2.90. The number of fused-ring (bicyclic) bond motifs is 7. The molecule has 4 saturated carbocycles. The van der Waals surface area contributed by atoms with E-state index in [0.717, 1.165) is 64.2 Å². The predicted octanol–water partition coefficient (Wildman–Crippen LogP) is 5.70. The molecule has 0 radical (unpaired) electrons. The molecular formula is C35H56O7. The van der Waals surface area contributed by atoms with Gasteiger partial charge in [0.05, 0.1) is 18.1 Å². The molecule has 0 amide bonds. The second kappa shape index (κ2) is 9.75. The summed E-state index contributed by atoms with van der Waals surface area (Å²) in [5.74, 6) is 0.465. The van der Waals surface area contributed by atoms with E-state index in [1.165, 1.54) is 5.57 Å². The molecule has 7 heteroatoms. The Morgan fingerprint density at radius 3 is 2.26 bits per heavy atom. The van der Waals surface area contributed by atoms with Crippen molar-refractivity contribution in [3.8, 4) is 0 Å². The first-order chi connectivity index (χ1) is 19.4. The van der Waals surface area contributed by atoms with E-state index >= 15 is 0 Å². The molecule has 6 rings (SSSR count). The lowest BCUT2D eigenvalue weighted by Gasteiger charge is -2.71. The molecule has 0 spiro atoms. The van der Waals surface area contributed by atoms with Crippen molar-refractivity contribution < 1.29 is 34.7 Å². The zero-order valence-electron chi connectivity index (χ0n) is 27.0. The van der Waals surface area contributed by atoms with Crippen LogP contribution in [0, 0.1) is 50.2 Å². The number of carboxylic acids is 1. The normalized spacial score (nSPS) is 53.0. The Kier molecular flexibility index (Phi) is 7.20. The lowest BCUT2D eigenvalue weighted by Crippen LogP contribution is -2.65. The number of allylic oxidation sites excluding steroid dienone is 2. The highest BCUT2D eigenvalue weighted by Crippen LogP contribution is 2.75. The Hall–Kier alpha value is -0.990. The Morgan fingerprint density at radius 2 is 1.57 bits per heavy atom. The van der Waals surface area contributed by atoms with Crippen molar-refractivity contribution in [1.29, 1.82) is 0 Å². The van der Waals surface area contributed by atoms with Crippen LogP contribution >= 0.6 is 0 Å². The highest BCUT2D eigenvalue weighted by molar-refractivity contribution is 5.76. The van der Waals surface area contributed by atoms with Crippen LogP contribution in [0.1, 0.15) is 113 Å². The maximum atomic E-state index is 12.9. The quantitative estimate of drug-likeness (QED) is 0.247. The molecule has 7 nitrogen and oxygen atoms in total. The molecule has 0 aromatic carbocycles. The van der Waals surface area contributed by atoms with Crippen molar-refractivity contribution in [2.75, 3.05) is 6.61 Å². The second-order valence-corrected chi connectivity index (χ2v) is 17.4. The van der Waals surface area contributed by atoms with E-state index in [4.69, 9.17) is 9.47 Å². The van der Waals surface area contributed by atoms with E-state index in [1.54, 1.807) is 0 Å². The second-order valence-electron chi connectivity index (χ2n) is 17.4. The summed E-state index contributed by atoms with van der Waals surface area (Å²) in [5, 5.41) is 41.3. The predicted molar refractivity (Wildman–Crippen MR) is 159 cm³/mol. The van der Waals surface area contributed by atoms with Gasteiger partial charge in [0, 0.05) is 0 Å². The third kappa shape index (κ3) is 4.12. The summed E-state index contributed by atoms with van der Waals surface area (Å²) < 4.78 is 12.1. The third-order valence-electron chi connectivity index (χ3n) is 14.8. The van der Waals surface area contributed by atoms with Gasteiger partial charge in [-0.1, -0.05) is 60.1 Å². The Labute approximate surface area is 252 Å². The van der Waals surface area contributed by atoms with Crippen molar-refractivity contribution >= 4 is 5.97 Å². The zero-order chi connectivity index (χ0) is 30.7. The van der Waals surface area contributed by atoms with Gasteiger partial charge in [-0.2, -0.15) is 0 Å². The Balaban J connectivity index is 1.30. The van der Waals surface area contributed by atoms with E-state index in [-0.39, 0.29) is 45.7 Å².